The Kier molecular flexibility index (Phi) is 6.62. The van der Waals surface area contributed by atoms with Crippen molar-refractivity contribution in [3.63, 3.8) is 0 Å². The number of hydrogen-bond donors (Lipinski definition) is 1. The van der Waals surface area contributed by atoms with Crippen LogP contribution in [0, 0.1) is 0 Å². The molecular formula is C21H29N5O2S. The van der Waals surface area contributed by atoms with Gasteiger partial charge in [-0.1, -0.05) is 56.8 Å². The van der Waals surface area contributed by atoms with Gasteiger partial charge in [-0.2, -0.15) is 0 Å². The fourth-order valence-corrected chi connectivity index (χ4v) is 3.99. The molecule has 1 N–H and O–H groups in total. The van der Waals surface area contributed by atoms with Crippen molar-refractivity contribution in [2.75, 3.05) is 25.4 Å². The third kappa shape index (κ3) is 5.38. The van der Waals surface area contributed by atoms with Crippen LogP contribution in [-0.4, -0.2) is 56.9 Å². The molecule has 0 unspecified atom stereocenters. The van der Waals surface area contributed by atoms with E-state index in [1.807, 2.05) is 11.6 Å². The second kappa shape index (κ2) is 8.98. The van der Waals surface area contributed by atoms with Gasteiger partial charge in [-0.25, -0.2) is 0 Å². The molecule has 0 bridgehead atoms. The van der Waals surface area contributed by atoms with Gasteiger partial charge in [0.1, 0.15) is 0 Å². The summed E-state index contributed by atoms with van der Waals surface area (Å²) < 4.78 is 1.89. The molecular weight excluding hydrogens is 386 g/mol. The van der Waals surface area contributed by atoms with E-state index in [1.165, 1.54) is 17.3 Å². The van der Waals surface area contributed by atoms with Crippen molar-refractivity contribution in [3.8, 4) is 11.4 Å². The molecule has 8 heteroatoms. The predicted molar refractivity (Wildman–Crippen MR) is 115 cm³/mol. The van der Waals surface area contributed by atoms with Crippen molar-refractivity contribution in [1.29, 1.82) is 0 Å². The zero-order chi connectivity index (χ0) is 21.0. The van der Waals surface area contributed by atoms with Crippen LogP contribution in [0.1, 0.15) is 39.2 Å². The zero-order valence-corrected chi connectivity index (χ0v) is 18.4. The van der Waals surface area contributed by atoms with E-state index in [1.54, 1.807) is 4.90 Å². The molecule has 0 radical (unpaired) electrons. The average Bonchev–Trinajstić information content (AvgIpc) is 3.34. The number of likely N-dealkylation sites (tertiary alicyclic amines) is 1. The SMILES string of the molecule is Cn1c(SCC(=O)NCC(=O)N2CCCC2)nnc1-c1ccc(C(C)(C)C)cc1. The minimum absolute atomic E-state index is 0.0134. The van der Waals surface area contributed by atoms with Gasteiger partial charge >= 0.3 is 0 Å². The molecule has 0 spiro atoms. The van der Waals surface area contributed by atoms with Crippen LogP contribution in [0.25, 0.3) is 11.4 Å². The number of hydrogen-bond acceptors (Lipinski definition) is 5. The van der Waals surface area contributed by atoms with Gasteiger partial charge in [-0.05, 0) is 23.8 Å². The lowest BCUT2D eigenvalue weighted by Crippen LogP contribution is -2.39. The summed E-state index contributed by atoms with van der Waals surface area (Å²) in [6.45, 7) is 8.20. The molecule has 1 aromatic carbocycles. The smallest absolute Gasteiger partial charge is 0.241 e. The summed E-state index contributed by atoms with van der Waals surface area (Å²) in [5.41, 5.74) is 2.35. The molecule has 2 heterocycles. The van der Waals surface area contributed by atoms with E-state index in [0.29, 0.717) is 5.16 Å². The third-order valence-corrected chi connectivity index (χ3v) is 6.09. The van der Waals surface area contributed by atoms with Crippen LogP contribution in [0.2, 0.25) is 0 Å². The number of nitrogens with one attached hydrogen (secondary N) is 1. The molecule has 1 aromatic heterocycles. The molecule has 0 aliphatic carbocycles. The maximum atomic E-state index is 12.1. The highest BCUT2D eigenvalue weighted by Gasteiger charge is 2.19. The van der Waals surface area contributed by atoms with Crippen LogP contribution in [0.15, 0.2) is 29.4 Å². The van der Waals surface area contributed by atoms with Gasteiger partial charge in [0.2, 0.25) is 11.8 Å². The molecule has 7 nitrogen and oxygen atoms in total. The largest absolute Gasteiger partial charge is 0.346 e. The number of carbonyl (C=O) groups excluding carboxylic acids is 2. The summed E-state index contributed by atoms with van der Waals surface area (Å²) in [7, 11) is 1.89. The van der Waals surface area contributed by atoms with Crippen LogP contribution in [-0.2, 0) is 22.1 Å². The van der Waals surface area contributed by atoms with Crippen LogP contribution in [0.3, 0.4) is 0 Å². The molecule has 1 aliphatic heterocycles. The molecule has 2 amide bonds. The van der Waals surface area contributed by atoms with E-state index in [-0.39, 0.29) is 29.5 Å². The molecule has 29 heavy (non-hydrogen) atoms. The molecule has 1 saturated heterocycles. The summed E-state index contributed by atoms with van der Waals surface area (Å²) in [6.07, 6.45) is 2.09. The Balaban J connectivity index is 1.54. The first-order valence-electron chi connectivity index (χ1n) is 9.93. The van der Waals surface area contributed by atoms with Crippen LogP contribution in [0.5, 0.6) is 0 Å². The standard InChI is InChI=1S/C21H29N5O2S/c1-21(2,3)16-9-7-15(8-10-16)19-23-24-20(25(19)4)29-14-17(27)22-13-18(28)26-11-5-6-12-26/h7-10H,5-6,11-14H2,1-4H3,(H,22,27). The number of aromatic nitrogens is 3. The van der Waals surface area contributed by atoms with Crippen LogP contribution < -0.4 is 5.32 Å². The highest BCUT2D eigenvalue weighted by atomic mass is 32.2. The summed E-state index contributed by atoms with van der Waals surface area (Å²) in [5.74, 6) is 0.766. The number of amides is 2. The first-order valence-corrected chi connectivity index (χ1v) is 10.9. The highest BCUT2D eigenvalue weighted by molar-refractivity contribution is 7.99. The molecule has 156 valence electrons. The third-order valence-electron chi connectivity index (χ3n) is 5.07. The van der Waals surface area contributed by atoms with Gasteiger partial charge in [0.05, 0.1) is 12.3 Å². The Hall–Kier alpha value is -2.35. The Labute approximate surface area is 176 Å². The molecule has 1 fully saturated rings. The molecule has 0 atom stereocenters. The van der Waals surface area contributed by atoms with E-state index in [2.05, 4.69) is 60.6 Å². The zero-order valence-electron chi connectivity index (χ0n) is 17.6. The minimum Gasteiger partial charge on any atom is -0.346 e. The quantitative estimate of drug-likeness (QED) is 0.734. The molecule has 1 aliphatic rings. The van der Waals surface area contributed by atoms with E-state index < -0.39 is 0 Å². The average molecular weight is 416 g/mol. The van der Waals surface area contributed by atoms with Crippen molar-refractivity contribution in [2.45, 2.75) is 44.2 Å². The van der Waals surface area contributed by atoms with Crippen molar-refractivity contribution < 1.29 is 9.59 Å². The second-order valence-corrected chi connectivity index (χ2v) is 9.29. The topological polar surface area (TPSA) is 80.1 Å². The van der Waals surface area contributed by atoms with Gasteiger partial charge in [-0.3, -0.25) is 9.59 Å². The number of rotatable bonds is 6. The second-order valence-electron chi connectivity index (χ2n) is 8.35. The Morgan fingerprint density at radius 2 is 1.76 bits per heavy atom. The molecule has 0 saturated carbocycles. The predicted octanol–water partition coefficient (Wildman–Crippen LogP) is 2.61. The van der Waals surface area contributed by atoms with Gasteiger partial charge < -0.3 is 14.8 Å². The molecule has 2 aromatic rings. The van der Waals surface area contributed by atoms with Gasteiger partial charge in [0, 0.05) is 25.7 Å². The van der Waals surface area contributed by atoms with E-state index in [9.17, 15) is 9.59 Å². The number of carbonyl (C=O) groups is 2. The lowest BCUT2D eigenvalue weighted by molar-refractivity contribution is -0.131. The number of benzene rings is 1. The highest BCUT2D eigenvalue weighted by Crippen LogP contribution is 2.26. The first kappa shape index (κ1) is 21.4. The number of thioether (sulfide) groups is 1. The van der Waals surface area contributed by atoms with E-state index in [4.69, 9.17) is 0 Å². The van der Waals surface area contributed by atoms with Crippen molar-refractivity contribution in [2.24, 2.45) is 7.05 Å². The molecule has 3 rings (SSSR count). The van der Waals surface area contributed by atoms with Crippen molar-refractivity contribution >= 4 is 23.6 Å². The van der Waals surface area contributed by atoms with Gasteiger partial charge in [-0.15, -0.1) is 10.2 Å². The van der Waals surface area contributed by atoms with Crippen LogP contribution >= 0.6 is 11.8 Å². The number of nitrogens with zero attached hydrogens (tertiary/aromatic N) is 4. The van der Waals surface area contributed by atoms with Crippen molar-refractivity contribution in [1.82, 2.24) is 25.0 Å². The summed E-state index contributed by atoms with van der Waals surface area (Å²) >= 11 is 1.31. The lowest BCUT2D eigenvalue weighted by atomic mass is 9.87. The first-order chi connectivity index (χ1) is 13.8. The van der Waals surface area contributed by atoms with Crippen molar-refractivity contribution in [3.05, 3.63) is 29.8 Å². The fraction of sp³-hybridized carbons (Fsp3) is 0.524. The van der Waals surface area contributed by atoms with E-state index in [0.717, 1.165) is 37.3 Å². The summed E-state index contributed by atoms with van der Waals surface area (Å²) in [4.78, 5) is 25.9. The summed E-state index contributed by atoms with van der Waals surface area (Å²) in [6, 6.07) is 8.33. The van der Waals surface area contributed by atoms with E-state index >= 15 is 0 Å². The lowest BCUT2D eigenvalue weighted by Gasteiger charge is -2.19. The Morgan fingerprint density at radius 3 is 2.38 bits per heavy atom. The monoisotopic (exact) mass is 415 g/mol. The Morgan fingerprint density at radius 1 is 1.10 bits per heavy atom. The van der Waals surface area contributed by atoms with Gasteiger partial charge in [0.15, 0.2) is 11.0 Å². The Bertz CT molecular complexity index is 864. The van der Waals surface area contributed by atoms with Gasteiger partial charge in [0.25, 0.3) is 0 Å². The maximum absolute atomic E-state index is 12.1. The normalized spacial score (nSPS) is 14.3. The minimum atomic E-state index is -0.179. The summed E-state index contributed by atoms with van der Waals surface area (Å²) in [5, 5.41) is 11.9. The fourth-order valence-electron chi connectivity index (χ4n) is 3.24. The maximum Gasteiger partial charge on any atom is 0.241 e. The van der Waals surface area contributed by atoms with Crippen LogP contribution in [0.4, 0.5) is 0 Å².